The zero-order chi connectivity index (χ0) is 9.68. The molecule has 0 bridgehead atoms. The van der Waals surface area contributed by atoms with Crippen molar-refractivity contribution in [1.29, 1.82) is 0 Å². The fourth-order valence-corrected chi connectivity index (χ4v) is 1.34. The van der Waals surface area contributed by atoms with Crippen molar-refractivity contribution in [2.75, 3.05) is 25.6 Å². The van der Waals surface area contributed by atoms with E-state index in [0.29, 0.717) is 13.0 Å². The molecule has 1 rings (SSSR count). The van der Waals surface area contributed by atoms with Gasteiger partial charge in [-0.1, -0.05) is 11.3 Å². The number of carbonyl (C=O) groups is 1. The molecular formula is C7H11N3O2S. The van der Waals surface area contributed by atoms with Gasteiger partial charge in [0.2, 0.25) is 5.13 Å². The maximum absolute atomic E-state index is 10.8. The van der Waals surface area contributed by atoms with E-state index in [-0.39, 0.29) is 5.97 Å². The van der Waals surface area contributed by atoms with E-state index in [0.717, 1.165) is 5.13 Å². The Morgan fingerprint density at radius 2 is 2.54 bits per heavy atom. The maximum atomic E-state index is 10.8. The van der Waals surface area contributed by atoms with E-state index in [4.69, 9.17) is 0 Å². The summed E-state index contributed by atoms with van der Waals surface area (Å²) >= 11 is 1.44. The number of ether oxygens (including phenoxy) is 1. The van der Waals surface area contributed by atoms with E-state index in [1.54, 1.807) is 5.51 Å². The van der Waals surface area contributed by atoms with Crippen LogP contribution in [0.25, 0.3) is 0 Å². The average molecular weight is 201 g/mol. The molecule has 0 unspecified atom stereocenters. The minimum atomic E-state index is -0.212. The van der Waals surface area contributed by atoms with Gasteiger partial charge in [0.1, 0.15) is 5.51 Å². The fourth-order valence-electron chi connectivity index (χ4n) is 0.790. The Hall–Kier alpha value is -1.17. The van der Waals surface area contributed by atoms with E-state index >= 15 is 0 Å². The Balaban J connectivity index is 2.34. The molecule has 1 aromatic heterocycles. The number of rotatable bonds is 4. The number of anilines is 1. The predicted octanol–water partition coefficient (Wildman–Crippen LogP) is 0.537. The van der Waals surface area contributed by atoms with Crippen molar-refractivity contribution < 1.29 is 9.53 Å². The number of methoxy groups -OCH3 is 1. The van der Waals surface area contributed by atoms with E-state index in [9.17, 15) is 4.79 Å². The van der Waals surface area contributed by atoms with E-state index in [2.05, 4.69) is 14.9 Å². The van der Waals surface area contributed by atoms with Gasteiger partial charge in [0.15, 0.2) is 0 Å². The lowest BCUT2D eigenvalue weighted by molar-refractivity contribution is -0.140. The molecule has 72 valence electrons. The van der Waals surface area contributed by atoms with E-state index in [1.807, 2.05) is 11.9 Å². The molecule has 5 nitrogen and oxygen atoms in total. The molecule has 1 heterocycles. The van der Waals surface area contributed by atoms with Crippen LogP contribution in [0.15, 0.2) is 5.51 Å². The van der Waals surface area contributed by atoms with Gasteiger partial charge in [0, 0.05) is 13.6 Å². The van der Waals surface area contributed by atoms with Crippen molar-refractivity contribution >= 4 is 22.4 Å². The van der Waals surface area contributed by atoms with Gasteiger partial charge in [-0.15, -0.1) is 10.2 Å². The van der Waals surface area contributed by atoms with Gasteiger partial charge in [-0.25, -0.2) is 0 Å². The molecule has 0 saturated carbocycles. The van der Waals surface area contributed by atoms with Crippen LogP contribution in [0.1, 0.15) is 6.42 Å². The van der Waals surface area contributed by atoms with Crippen LogP contribution in [0.3, 0.4) is 0 Å². The third kappa shape index (κ3) is 2.98. The third-order valence-corrected chi connectivity index (χ3v) is 2.36. The minimum absolute atomic E-state index is 0.212. The summed E-state index contributed by atoms with van der Waals surface area (Å²) in [6.45, 7) is 0.599. The highest BCUT2D eigenvalue weighted by Gasteiger charge is 2.06. The lowest BCUT2D eigenvalue weighted by atomic mass is 10.4. The molecule has 0 N–H and O–H groups in total. The van der Waals surface area contributed by atoms with Crippen LogP contribution in [-0.4, -0.2) is 36.9 Å². The van der Waals surface area contributed by atoms with Crippen LogP contribution in [0.4, 0.5) is 5.13 Å². The molecule has 0 atom stereocenters. The van der Waals surface area contributed by atoms with Gasteiger partial charge in [0.25, 0.3) is 0 Å². The van der Waals surface area contributed by atoms with Gasteiger partial charge in [-0.3, -0.25) is 4.79 Å². The second kappa shape index (κ2) is 4.76. The zero-order valence-electron chi connectivity index (χ0n) is 7.56. The zero-order valence-corrected chi connectivity index (χ0v) is 8.37. The molecule has 0 radical (unpaired) electrons. The number of hydrogen-bond acceptors (Lipinski definition) is 6. The van der Waals surface area contributed by atoms with Crippen molar-refractivity contribution in [3.8, 4) is 0 Å². The van der Waals surface area contributed by atoms with Crippen molar-refractivity contribution in [3.63, 3.8) is 0 Å². The summed E-state index contributed by atoms with van der Waals surface area (Å²) in [6, 6.07) is 0. The van der Waals surface area contributed by atoms with Gasteiger partial charge in [-0.2, -0.15) is 0 Å². The van der Waals surface area contributed by atoms with Gasteiger partial charge < -0.3 is 9.64 Å². The molecule has 0 aliphatic heterocycles. The van der Waals surface area contributed by atoms with Gasteiger partial charge in [-0.05, 0) is 0 Å². The first kappa shape index (κ1) is 9.91. The SMILES string of the molecule is COC(=O)CCN(C)c1nncs1. The van der Waals surface area contributed by atoms with Crippen molar-refractivity contribution in [2.45, 2.75) is 6.42 Å². The minimum Gasteiger partial charge on any atom is -0.469 e. The number of carbonyl (C=O) groups excluding carboxylic acids is 1. The Morgan fingerprint density at radius 1 is 1.77 bits per heavy atom. The molecule has 0 saturated heterocycles. The Bertz CT molecular complexity index is 263. The standard InChI is InChI=1S/C7H11N3O2S/c1-10(4-3-6(11)12-2)7-9-8-5-13-7/h5H,3-4H2,1-2H3. The summed E-state index contributed by atoms with van der Waals surface area (Å²) in [6.07, 6.45) is 0.368. The van der Waals surface area contributed by atoms with Crippen LogP contribution < -0.4 is 4.90 Å². The predicted molar refractivity (Wildman–Crippen MR) is 49.8 cm³/mol. The summed E-state index contributed by atoms with van der Waals surface area (Å²) < 4.78 is 4.52. The molecule has 6 heteroatoms. The first-order valence-corrected chi connectivity index (χ1v) is 4.66. The molecule has 13 heavy (non-hydrogen) atoms. The molecule has 0 spiro atoms. The highest BCUT2D eigenvalue weighted by molar-refractivity contribution is 7.13. The summed E-state index contributed by atoms with van der Waals surface area (Å²) in [5.41, 5.74) is 1.66. The largest absolute Gasteiger partial charge is 0.469 e. The quantitative estimate of drug-likeness (QED) is 0.665. The Labute approximate surface area is 80.3 Å². The Morgan fingerprint density at radius 3 is 3.08 bits per heavy atom. The van der Waals surface area contributed by atoms with Crippen LogP contribution >= 0.6 is 11.3 Å². The summed E-state index contributed by atoms with van der Waals surface area (Å²) in [5, 5.41) is 8.37. The van der Waals surface area contributed by atoms with Crippen molar-refractivity contribution in [1.82, 2.24) is 10.2 Å². The van der Waals surface area contributed by atoms with Gasteiger partial charge >= 0.3 is 5.97 Å². The van der Waals surface area contributed by atoms with Crippen molar-refractivity contribution in [3.05, 3.63) is 5.51 Å². The van der Waals surface area contributed by atoms with Crippen molar-refractivity contribution in [2.24, 2.45) is 0 Å². The highest BCUT2D eigenvalue weighted by Crippen LogP contribution is 2.13. The number of esters is 1. The topological polar surface area (TPSA) is 55.3 Å². The lowest BCUT2D eigenvalue weighted by Gasteiger charge is -2.13. The monoisotopic (exact) mass is 201 g/mol. The first-order valence-electron chi connectivity index (χ1n) is 3.78. The van der Waals surface area contributed by atoms with E-state index < -0.39 is 0 Å². The summed E-state index contributed by atoms with van der Waals surface area (Å²) in [4.78, 5) is 12.7. The molecule has 0 aliphatic rings. The van der Waals surface area contributed by atoms with Crippen LogP contribution in [0.5, 0.6) is 0 Å². The molecular weight excluding hydrogens is 190 g/mol. The molecule has 0 amide bonds. The number of hydrogen-bond donors (Lipinski definition) is 0. The number of aromatic nitrogens is 2. The second-order valence-corrected chi connectivity index (χ2v) is 3.28. The molecule has 0 aromatic carbocycles. The molecule has 1 aromatic rings. The summed E-state index contributed by atoms with van der Waals surface area (Å²) in [5.74, 6) is -0.212. The fraction of sp³-hybridized carbons (Fsp3) is 0.571. The Kier molecular flexibility index (Phi) is 3.63. The first-order chi connectivity index (χ1) is 6.24. The van der Waals surface area contributed by atoms with Crippen LogP contribution in [0.2, 0.25) is 0 Å². The smallest absolute Gasteiger partial charge is 0.307 e. The van der Waals surface area contributed by atoms with Crippen LogP contribution in [0, 0.1) is 0 Å². The normalized spacial score (nSPS) is 9.69. The second-order valence-electron chi connectivity index (χ2n) is 2.47. The summed E-state index contributed by atoms with van der Waals surface area (Å²) in [7, 11) is 3.25. The molecule has 0 aliphatic carbocycles. The molecule has 0 fully saturated rings. The van der Waals surface area contributed by atoms with E-state index in [1.165, 1.54) is 18.4 Å². The average Bonchev–Trinajstić information content (AvgIpc) is 2.66. The maximum Gasteiger partial charge on any atom is 0.307 e. The lowest BCUT2D eigenvalue weighted by Crippen LogP contribution is -2.21. The third-order valence-electron chi connectivity index (χ3n) is 1.55. The number of nitrogens with zero attached hydrogens (tertiary/aromatic N) is 3. The highest BCUT2D eigenvalue weighted by atomic mass is 32.1. The van der Waals surface area contributed by atoms with Crippen LogP contribution in [-0.2, 0) is 9.53 Å². The van der Waals surface area contributed by atoms with Gasteiger partial charge in [0.05, 0.1) is 13.5 Å².